The predicted molar refractivity (Wildman–Crippen MR) is 286 cm³/mol. The van der Waals surface area contributed by atoms with Gasteiger partial charge >= 0.3 is 0 Å². The van der Waals surface area contributed by atoms with Gasteiger partial charge in [-0.2, -0.15) is 21.0 Å². The molecule has 0 amide bonds. The molecule has 9 heteroatoms. The van der Waals surface area contributed by atoms with Crippen molar-refractivity contribution in [1.82, 2.24) is 14.5 Å². The largest absolute Gasteiger partial charge is 0.308 e. The minimum Gasteiger partial charge on any atom is -0.308 e. The Morgan fingerprint density at radius 3 is 1.42 bits per heavy atom. The van der Waals surface area contributed by atoms with E-state index in [1.165, 1.54) is 0 Å². The molecule has 0 spiro atoms. The molecule has 0 unspecified atom stereocenters. The first-order valence-corrected chi connectivity index (χ1v) is 23.0. The molecule has 0 radical (unpaired) electrons. The molecule has 2 heterocycles. The summed E-state index contributed by atoms with van der Waals surface area (Å²) in [7, 11) is 0. The van der Waals surface area contributed by atoms with Gasteiger partial charge in [0.2, 0.25) is 0 Å². The van der Waals surface area contributed by atoms with E-state index >= 15 is 0 Å². The van der Waals surface area contributed by atoms with Gasteiger partial charge in [0.1, 0.15) is 0 Å². The zero-order valence-corrected chi connectivity index (χ0v) is 38.6. The molecule has 0 saturated carbocycles. The Kier molecular flexibility index (Phi) is 11.4. The van der Waals surface area contributed by atoms with E-state index in [2.05, 4.69) is 38.5 Å². The van der Waals surface area contributed by atoms with Crippen molar-refractivity contribution in [3.8, 4) is 108 Å². The van der Waals surface area contributed by atoms with E-state index in [1.807, 2.05) is 152 Å². The van der Waals surface area contributed by atoms with Crippen LogP contribution < -0.4 is 0 Å². The van der Waals surface area contributed by atoms with Crippen molar-refractivity contribution in [3.05, 3.63) is 245 Å². The van der Waals surface area contributed by atoms with Gasteiger partial charge in [-0.15, -0.1) is 0 Å². The van der Waals surface area contributed by atoms with Gasteiger partial charge in [0.15, 0.2) is 17.2 Å². The fourth-order valence-corrected chi connectivity index (χ4v) is 9.62. The lowest BCUT2D eigenvalue weighted by atomic mass is 9.89. The molecule has 0 saturated heterocycles. The molecule has 0 atom stereocenters. The number of rotatable bonds is 8. The summed E-state index contributed by atoms with van der Waals surface area (Å²) < 4.78 is 2.16. The average molecular weight is 928 g/mol. The molecule has 0 aliphatic rings. The summed E-state index contributed by atoms with van der Waals surface area (Å²) >= 11 is 0. The van der Waals surface area contributed by atoms with Crippen molar-refractivity contribution >= 4 is 33.2 Å². The molecule has 9 aromatic carbocycles. The van der Waals surface area contributed by atoms with Crippen molar-refractivity contribution in [1.29, 1.82) is 21.0 Å². The Bertz CT molecular complexity index is 4070. The molecule has 2 aromatic heterocycles. The zero-order chi connectivity index (χ0) is 50.0. The lowest BCUT2D eigenvalue weighted by Gasteiger charge is -2.22. The van der Waals surface area contributed by atoms with Gasteiger partial charge in [0, 0.05) is 60.8 Å². The highest BCUT2D eigenvalue weighted by Crippen LogP contribution is 2.47. The van der Waals surface area contributed by atoms with E-state index in [0.29, 0.717) is 95.5 Å². The van der Waals surface area contributed by atoms with Gasteiger partial charge in [0.25, 0.3) is 0 Å². The van der Waals surface area contributed by atoms with Crippen molar-refractivity contribution < 1.29 is 0 Å². The Hall–Kier alpha value is -11.2. The molecule has 0 fully saturated rings. The lowest BCUT2D eigenvalue weighted by molar-refractivity contribution is 1.16. The Morgan fingerprint density at radius 2 is 0.904 bits per heavy atom. The van der Waals surface area contributed by atoms with E-state index in [1.54, 1.807) is 48.5 Å². The molecule has 11 rings (SSSR count). The highest BCUT2D eigenvalue weighted by Gasteiger charge is 2.26. The average Bonchev–Trinajstić information content (AvgIpc) is 3.79. The maximum absolute atomic E-state index is 10.9. The first kappa shape index (κ1) is 44.3. The monoisotopic (exact) mass is 927 g/mol. The molecule has 9 nitrogen and oxygen atoms in total. The van der Waals surface area contributed by atoms with Crippen LogP contribution in [0.15, 0.2) is 200 Å². The van der Waals surface area contributed by atoms with Crippen LogP contribution in [0.2, 0.25) is 0 Å². The van der Waals surface area contributed by atoms with Crippen LogP contribution >= 0.6 is 0 Å². The van der Waals surface area contributed by atoms with Crippen LogP contribution in [0.4, 0.5) is 11.4 Å². The van der Waals surface area contributed by atoms with Crippen LogP contribution in [0.3, 0.4) is 0 Å². The molecule has 0 bridgehead atoms. The van der Waals surface area contributed by atoms with Crippen LogP contribution in [0.5, 0.6) is 0 Å². The minimum atomic E-state index is 0.330. The smallest absolute Gasteiger partial charge is 0.196 e. The van der Waals surface area contributed by atoms with Gasteiger partial charge in [-0.05, 0) is 95.1 Å². The summed E-state index contributed by atoms with van der Waals surface area (Å²) in [5, 5.41) is 43.4. The van der Waals surface area contributed by atoms with Crippen LogP contribution in [0, 0.1) is 58.5 Å². The first-order chi connectivity index (χ1) is 35.9. The Balaban J connectivity index is 1.29. The third-order valence-corrected chi connectivity index (χ3v) is 13.0. The van der Waals surface area contributed by atoms with Crippen molar-refractivity contribution in [3.63, 3.8) is 0 Å². The van der Waals surface area contributed by atoms with Crippen molar-refractivity contribution in [2.45, 2.75) is 0 Å². The van der Waals surface area contributed by atoms with E-state index in [0.717, 1.165) is 44.1 Å². The summed E-state index contributed by atoms with van der Waals surface area (Å²) in [6, 6.07) is 72.3. The van der Waals surface area contributed by atoms with Crippen LogP contribution in [0.25, 0.3) is 116 Å². The van der Waals surface area contributed by atoms with E-state index < -0.39 is 0 Å². The first-order valence-electron chi connectivity index (χ1n) is 23.0. The highest BCUT2D eigenvalue weighted by atomic mass is 15.0. The second-order valence-corrected chi connectivity index (χ2v) is 17.1. The summed E-state index contributed by atoms with van der Waals surface area (Å²) in [4.78, 5) is 17.9. The Morgan fingerprint density at radius 1 is 0.384 bits per heavy atom. The standard InChI is InChI=1S/C64H33N9/c1-69-49-24-26-50(48(30-49)39-68)43-22-27-61-54(31-43)55-32-44(53-25-21-40(36-65)29-60(53)70-2)23-28-62(55)73(61)63-56(51-19-11-9-17-45(51)37-66)33-47(34-57(63)52-20-12-10-18-46(52)38-67)64-71-58(41-13-5-3-6-14-41)35-59(72-64)42-15-7-4-8-16-42/h3-35H. The lowest BCUT2D eigenvalue weighted by Crippen LogP contribution is -2.04. The minimum absolute atomic E-state index is 0.330. The third-order valence-electron chi connectivity index (χ3n) is 13.0. The zero-order valence-electron chi connectivity index (χ0n) is 38.6. The fourth-order valence-electron chi connectivity index (χ4n) is 9.62. The number of benzene rings is 9. The van der Waals surface area contributed by atoms with Crippen molar-refractivity contribution in [2.24, 2.45) is 0 Å². The number of nitriles is 4. The van der Waals surface area contributed by atoms with Crippen molar-refractivity contribution in [2.75, 3.05) is 0 Å². The summed E-state index contributed by atoms with van der Waals surface area (Å²) in [5.41, 5.74) is 13.8. The van der Waals surface area contributed by atoms with Gasteiger partial charge in [-0.25, -0.2) is 19.7 Å². The highest BCUT2D eigenvalue weighted by molar-refractivity contribution is 6.13. The second-order valence-electron chi connectivity index (χ2n) is 17.1. The van der Waals surface area contributed by atoms with Gasteiger partial charge in [0.05, 0.1) is 76.7 Å². The molecule has 11 aromatic rings. The van der Waals surface area contributed by atoms with Crippen LogP contribution in [-0.2, 0) is 0 Å². The van der Waals surface area contributed by atoms with Gasteiger partial charge in [-0.1, -0.05) is 127 Å². The molecule has 0 aliphatic heterocycles. The normalized spacial score (nSPS) is 10.7. The van der Waals surface area contributed by atoms with E-state index in [-0.39, 0.29) is 0 Å². The molecular weight excluding hydrogens is 895 g/mol. The number of hydrogen-bond acceptors (Lipinski definition) is 6. The van der Waals surface area contributed by atoms with Gasteiger partial charge in [-0.3, -0.25) is 0 Å². The second kappa shape index (κ2) is 18.7. The third kappa shape index (κ3) is 7.93. The fraction of sp³-hybridized carbons (Fsp3) is 0. The van der Waals surface area contributed by atoms with Crippen LogP contribution in [-0.4, -0.2) is 14.5 Å². The van der Waals surface area contributed by atoms with Gasteiger partial charge < -0.3 is 4.57 Å². The number of fused-ring (bicyclic) bond motifs is 3. The van der Waals surface area contributed by atoms with E-state index in [9.17, 15) is 21.0 Å². The summed E-state index contributed by atoms with van der Waals surface area (Å²) in [6.07, 6.45) is 0. The molecular formula is C64H33N9. The maximum Gasteiger partial charge on any atom is 0.196 e. The molecule has 0 aliphatic carbocycles. The molecule has 334 valence electrons. The molecule has 73 heavy (non-hydrogen) atoms. The maximum atomic E-state index is 10.9. The van der Waals surface area contributed by atoms with Crippen LogP contribution in [0.1, 0.15) is 22.3 Å². The summed E-state index contributed by atoms with van der Waals surface area (Å²) in [6.45, 7) is 15.7. The predicted octanol–water partition coefficient (Wildman–Crippen LogP) is 15.8. The quantitative estimate of drug-likeness (QED) is 0.139. The number of nitrogens with zero attached hydrogens (tertiary/aromatic N) is 9. The topological polar surface area (TPSA) is 135 Å². The number of aromatic nitrogens is 3. The SMILES string of the molecule is [C-]#[N+]c1ccc(-c2ccc3c(c2)c2cc(-c4ccc(C#N)cc4[N+]#[C-])ccc2n3-c2c(-c3ccccc3C#N)cc(-c3nc(-c4ccccc4)cc(-c4ccccc4)n3)cc2-c2ccccc2C#N)c(C#N)c1. The Labute approximate surface area is 420 Å². The summed E-state index contributed by atoms with van der Waals surface area (Å²) in [5.74, 6) is 0.435. The van der Waals surface area contributed by atoms with E-state index in [4.69, 9.17) is 23.1 Å². The molecule has 0 N–H and O–H groups in total. The number of hydrogen-bond donors (Lipinski definition) is 0.